The van der Waals surface area contributed by atoms with Gasteiger partial charge in [0.05, 0.1) is 12.1 Å². The van der Waals surface area contributed by atoms with Crippen LogP contribution >= 0.6 is 11.3 Å². The van der Waals surface area contributed by atoms with Crippen LogP contribution in [-0.2, 0) is 16.0 Å². The highest BCUT2D eigenvalue weighted by atomic mass is 32.1. The number of hydrogen-bond donors (Lipinski definition) is 2. The van der Waals surface area contributed by atoms with Crippen LogP contribution in [-0.4, -0.2) is 28.0 Å². The fourth-order valence-electron chi connectivity index (χ4n) is 2.38. The predicted molar refractivity (Wildman–Crippen MR) is 94.9 cm³/mol. The number of hydrogen-bond acceptors (Lipinski definition) is 4. The van der Waals surface area contributed by atoms with Crippen molar-refractivity contribution in [3.8, 4) is 10.6 Å². The molecule has 0 aliphatic rings. The molecule has 7 heteroatoms. The van der Waals surface area contributed by atoms with Crippen molar-refractivity contribution in [1.29, 1.82) is 0 Å². The maximum atomic E-state index is 13.0. The van der Waals surface area contributed by atoms with Crippen LogP contribution in [0.1, 0.15) is 38.3 Å². The molecule has 1 heterocycles. The average Bonchev–Trinajstić information content (AvgIpc) is 3.03. The van der Waals surface area contributed by atoms with Gasteiger partial charge in [0, 0.05) is 10.9 Å². The lowest BCUT2D eigenvalue weighted by atomic mass is 10.1. The molecule has 134 valence electrons. The molecule has 0 aliphatic heterocycles. The van der Waals surface area contributed by atoms with Gasteiger partial charge in [0.2, 0.25) is 5.91 Å². The van der Waals surface area contributed by atoms with E-state index in [4.69, 9.17) is 0 Å². The average molecular weight is 364 g/mol. The van der Waals surface area contributed by atoms with Crippen LogP contribution in [0, 0.1) is 5.82 Å². The summed E-state index contributed by atoms with van der Waals surface area (Å²) in [5, 5.41) is 14.2. The van der Waals surface area contributed by atoms with Crippen molar-refractivity contribution in [3.63, 3.8) is 0 Å². The van der Waals surface area contributed by atoms with E-state index in [1.807, 2.05) is 6.92 Å². The Bertz CT molecular complexity index is 715. The largest absolute Gasteiger partial charge is 0.480 e. The van der Waals surface area contributed by atoms with E-state index >= 15 is 0 Å². The van der Waals surface area contributed by atoms with E-state index in [2.05, 4.69) is 10.3 Å². The lowest BCUT2D eigenvalue weighted by molar-refractivity contribution is -0.142. The van der Waals surface area contributed by atoms with Gasteiger partial charge >= 0.3 is 5.97 Å². The van der Waals surface area contributed by atoms with E-state index < -0.39 is 12.0 Å². The number of benzene rings is 1. The minimum atomic E-state index is -1.02. The third-order valence-corrected chi connectivity index (χ3v) is 4.65. The van der Waals surface area contributed by atoms with E-state index in [1.54, 1.807) is 17.5 Å². The normalized spacial score (nSPS) is 11.9. The molecule has 25 heavy (non-hydrogen) atoms. The van der Waals surface area contributed by atoms with Gasteiger partial charge in [0.15, 0.2) is 0 Å². The molecule has 1 unspecified atom stereocenters. The number of halogens is 1. The zero-order valence-electron chi connectivity index (χ0n) is 14.0. The number of rotatable bonds is 9. The van der Waals surface area contributed by atoms with Crippen molar-refractivity contribution < 1.29 is 19.1 Å². The van der Waals surface area contributed by atoms with Crippen molar-refractivity contribution in [2.75, 3.05) is 0 Å². The van der Waals surface area contributed by atoms with Gasteiger partial charge in [-0.05, 0) is 30.7 Å². The molecule has 5 nitrogen and oxygen atoms in total. The third kappa shape index (κ3) is 5.94. The Kier molecular flexibility index (Phi) is 7.06. The smallest absolute Gasteiger partial charge is 0.326 e. The molecule has 0 fully saturated rings. The number of nitrogens with zero attached hydrogens (tertiary/aromatic N) is 1. The summed E-state index contributed by atoms with van der Waals surface area (Å²) < 4.78 is 13.0. The maximum Gasteiger partial charge on any atom is 0.326 e. The molecule has 1 aromatic carbocycles. The highest BCUT2D eigenvalue weighted by molar-refractivity contribution is 7.13. The lowest BCUT2D eigenvalue weighted by Gasteiger charge is -2.13. The zero-order valence-corrected chi connectivity index (χ0v) is 14.8. The second kappa shape index (κ2) is 9.27. The topological polar surface area (TPSA) is 79.3 Å². The Hall–Kier alpha value is -2.28. The van der Waals surface area contributed by atoms with Gasteiger partial charge in [-0.1, -0.05) is 26.2 Å². The molecule has 0 saturated carbocycles. The molecule has 2 rings (SSSR count). The second-order valence-corrected chi connectivity index (χ2v) is 6.64. The van der Waals surface area contributed by atoms with Gasteiger partial charge in [-0.2, -0.15) is 0 Å². The lowest BCUT2D eigenvalue weighted by Crippen LogP contribution is -2.41. The summed E-state index contributed by atoms with van der Waals surface area (Å²) in [5.74, 6) is -1.70. The first-order chi connectivity index (χ1) is 12.0. The van der Waals surface area contributed by atoms with Gasteiger partial charge < -0.3 is 10.4 Å². The van der Waals surface area contributed by atoms with Gasteiger partial charge in [-0.3, -0.25) is 4.79 Å². The second-order valence-electron chi connectivity index (χ2n) is 5.78. The molecule has 0 aliphatic carbocycles. The first kappa shape index (κ1) is 19.1. The zero-order chi connectivity index (χ0) is 18.2. The number of thiazole rings is 1. The van der Waals surface area contributed by atoms with E-state index in [0.29, 0.717) is 17.1 Å². The van der Waals surface area contributed by atoms with Gasteiger partial charge in [-0.25, -0.2) is 14.2 Å². The molecule has 2 N–H and O–H groups in total. The molecular formula is C18H21FN2O3S. The summed E-state index contributed by atoms with van der Waals surface area (Å²) in [4.78, 5) is 27.7. The molecule has 0 bridgehead atoms. The monoisotopic (exact) mass is 364 g/mol. The summed E-state index contributed by atoms with van der Waals surface area (Å²) >= 11 is 1.36. The third-order valence-electron chi connectivity index (χ3n) is 3.71. The molecule has 2 aromatic rings. The first-order valence-corrected chi connectivity index (χ1v) is 9.10. The van der Waals surface area contributed by atoms with Crippen LogP contribution in [0.25, 0.3) is 10.6 Å². The van der Waals surface area contributed by atoms with E-state index in [0.717, 1.165) is 24.8 Å². The summed E-state index contributed by atoms with van der Waals surface area (Å²) in [7, 11) is 0. The molecule has 0 radical (unpaired) electrons. The Morgan fingerprint density at radius 2 is 2.00 bits per heavy atom. The van der Waals surface area contributed by atoms with E-state index in [1.165, 1.54) is 23.5 Å². The summed E-state index contributed by atoms with van der Waals surface area (Å²) in [5.41, 5.74) is 1.35. The fourth-order valence-corrected chi connectivity index (χ4v) is 3.20. The maximum absolute atomic E-state index is 13.0. The van der Waals surface area contributed by atoms with Gasteiger partial charge in [0.1, 0.15) is 16.9 Å². The minimum Gasteiger partial charge on any atom is -0.480 e. The number of aromatic nitrogens is 1. The molecule has 0 saturated heterocycles. The number of unbranched alkanes of at least 4 members (excludes halogenated alkanes) is 2. The number of aliphatic carboxylic acids is 1. The van der Waals surface area contributed by atoms with Crippen LogP contribution in [0.2, 0.25) is 0 Å². The number of carboxylic acids is 1. The van der Waals surface area contributed by atoms with E-state index in [-0.39, 0.29) is 18.1 Å². The van der Waals surface area contributed by atoms with Crippen LogP contribution in [0.3, 0.4) is 0 Å². The highest BCUT2D eigenvalue weighted by Gasteiger charge is 2.20. The first-order valence-electron chi connectivity index (χ1n) is 8.22. The Morgan fingerprint density at radius 3 is 2.64 bits per heavy atom. The van der Waals surface area contributed by atoms with Crippen molar-refractivity contribution >= 4 is 23.2 Å². The van der Waals surface area contributed by atoms with Crippen molar-refractivity contribution in [3.05, 3.63) is 41.2 Å². The van der Waals surface area contributed by atoms with Crippen LogP contribution in [0.4, 0.5) is 4.39 Å². The van der Waals surface area contributed by atoms with Crippen molar-refractivity contribution in [2.24, 2.45) is 0 Å². The number of amides is 1. The Balaban J connectivity index is 1.93. The molecule has 1 amide bonds. The standard InChI is InChI=1S/C18H21FN2O3S/c1-2-3-4-5-15(18(23)24)21-16(22)10-14-11-25-17(20-14)12-6-8-13(19)9-7-12/h6-9,11,15H,2-5,10H2,1H3,(H,21,22)(H,23,24). The quantitative estimate of drug-likeness (QED) is 0.666. The van der Waals surface area contributed by atoms with Crippen molar-refractivity contribution in [1.82, 2.24) is 10.3 Å². The van der Waals surface area contributed by atoms with Gasteiger partial charge in [-0.15, -0.1) is 11.3 Å². The summed E-state index contributed by atoms with van der Waals surface area (Å²) in [6.45, 7) is 2.04. The summed E-state index contributed by atoms with van der Waals surface area (Å²) in [6.07, 6.45) is 3.14. The van der Waals surface area contributed by atoms with Crippen LogP contribution in [0.15, 0.2) is 29.6 Å². The molecule has 1 atom stereocenters. The molecular weight excluding hydrogens is 343 g/mol. The van der Waals surface area contributed by atoms with E-state index in [9.17, 15) is 19.1 Å². The van der Waals surface area contributed by atoms with Crippen LogP contribution < -0.4 is 5.32 Å². The minimum absolute atomic E-state index is 0.0231. The van der Waals surface area contributed by atoms with Gasteiger partial charge in [0.25, 0.3) is 0 Å². The van der Waals surface area contributed by atoms with Crippen molar-refractivity contribution in [2.45, 2.75) is 45.1 Å². The highest BCUT2D eigenvalue weighted by Crippen LogP contribution is 2.24. The summed E-state index contributed by atoms with van der Waals surface area (Å²) in [6, 6.07) is 5.11. The number of carbonyl (C=O) groups is 2. The SMILES string of the molecule is CCCCCC(NC(=O)Cc1csc(-c2ccc(F)cc2)n1)C(=O)O. The molecule has 1 aromatic heterocycles. The Morgan fingerprint density at radius 1 is 1.28 bits per heavy atom. The van der Waals surface area contributed by atoms with Crippen LogP contribution in [0.5, 0.6) is 0 Å². The number of carbonyl (C=O) groups excluding carboxylic acids is 1. The fraction of sp³-hybridized carbons (Fsp3) is 0.389. The number of carboxylic acid groups (broad SMARTS) is 1. The molecule has 0 spiro atoms. The number of nitrogens with one attached hydrogen (secondary N) is 1. The predicted octanol–water partition coefficient (Wildman–Crippen LogP) is 3.64. The Labute approximate surface area is 149 Å².